The Hall–Kier alpha value is -3.14. The molecule has 0 heterocycles. The highest BCUT2D eigenvalue weighted by Crippen LogP contribution is 2.43. The van der Waals surface area contributed by atoms with Gasteiger partial charge < -0.3 is 21.3 Å². The van der Waals surface area contributed by atoms with E-state index in [0.29, 0.717) is 5.92 Å². The maximum atomic E-state index is 3.69. The number of nitrogens with one attached hydrogen (secondary N) is 4. The van der Waals surface area contributed by atoms with Crippen LogP contribution in [0.1, 0.15) is 33.3 Å². The summed E-state index contributed by atoms with van der Waals surface area (Å²) in [5.41, 5.74) is 7.73. The first-order valence-electron chi connectivity index (χ1n) is 10.6. The van der Waals surface area contributed by atoms with Crippen molar-refractivity contribution < 1.29 is 0 Å². The van der Waals surface area contributed by atoms with Crippen molar-refractivity contribution in [3.05, 3.63) is 72.3 Å². The van der Waals surface area contributed by atoms with E-state index < -0.39 is 0 Å². The van der Waals surface area contributed by atoms with E-state index in [0.717, 1.165) is 34.1 Å². The second-order valence-electron chi connectivity index (χ2n) is 8.45. The van der Waals surface area contributed by atoms with Crippen LogP contribution < -0.4 is 21.3 Å². The quantitative estimate of drug-likeness (QED) is 0.322. The topological polar surface area (TPSA) is 48.1 Å². The molecule has 0 aromatic heterocycles. The SMILES string of the molecule is CNc1ccccc1Nc1cccc(Nc2ccccc2NC)c1C(C)(C)C(C)C. The van der Waals surface area contributed by atoms with Crippen LogP contribution in [0.2, 0.25) is 0 Å². The standard InChI is InChI=1S/C26H34N4/c1-18(2)26(3,4)25-23(29-21-14-9-7-12-19(21)27-5)16-11-17-24(25)30-22-15-10-8-13-20(22)28-6/h7-18,27-30H,1-6H3. The normalized spacial score (nSPS) is 11.3. The summed E-state index contributed by atoms with van der Waals surface area (Å²) >= 11 is 0. The minimum Gasteiger partial charge on any atom is -0.386 e. The van der Waals surface area contributed by atoms with Crippen LogP contribution in [0.5, 0.6) is 0 Å². The van der Waals surface area contributed by atoms with Gasteiger partial charge in [-0.15, -0.1) is 0 Å². The number of hydrogen-bond donors (Lipinski definition) is 4. The molecule has 0 saturated heterocycles. The molecule has 0 fully saturated rings. The van der Waals surface area contributed by atoms with Crippen LogP contribution in [0.15, 0.2) is 66.7 Å². The molecule has 0 spiro atoms. The van der Waals surface area contributed by atoms with E-state index in [4.69, 9.17) is 0 Å². The van der Waals surface area contributed by atoms with Gasteiger partial charge in [0.2, 0.25) is 0 Å². The predicted octanol–water partition coefficient (Wildman–Crippen LogP) is 7.19. The van der Waals surface area contributed by atoms with Gasteiger partial charge in [-0.1, -0.05) is 58.0 Å². The summed E-state index contributed by atoms with van der Waals surface area (Å²) in [4.78, 5) is 0. The second-order valence-corrected chi connectivity index (χ2v) is 8.45. The molecule has 3 aromatic rings. The van der Waals surface area contributed by atoms with Gasteiger partial charge in [0, 0.05) is 31.0 Å². The lowest BCUT2D eigenvalue weighted by molar-refractivity contribution is 0.374. The summed E-state index contributed by atoms with van der Waals surface area (Å²) < 4.78 is 0. The van der Waals surface area contributed by atoms with Crippen molar-refractivity contribution in [2.24, 2.45) is 5.92 Å². The number of rotatable bonds is 8. The number of anilines is 6. The smallest absolute Gasteiger partial charge is 0.0619 e. The third kappa shape index (κ3) is 4.38. The fourth-order valence-corrected chi connectivity index (χ4v) is 3.65. The van der Waals surface area contributed by atoms with E-state index >= 15 is 0 Å². The van der Waals surface area contributed by atoms with Gasteiger partial charge in [-0.25, -0.2) is 0 Å². The van der Waals surface area contributed by atoms with Gasteiger partial charge in [-0.2, -0.15) is 0 Å². The Kier molecular flexibility index (Phi) is 6.56. The molecule has 158 valence electrons. The summed E-state index contributed by atoms with van der Waals surface area (Å²) in [5, 5.41) is 13.9. The van der Waals surface area contributed by atoms with Crippen molar-refractivity contribution in [2.45, 2.75) is 33.1 Å². The average Bonchev–Trinajstić information content (AvgIpc) is 2.74. The van der Waals surface area contributed by atoms with Crippen molar-refractivity contribution in [1.82, 2.24) is 0 Å². The minimum atomic E-state index is -0.0465. The first-order valence-corrected chi connectivity index (χ1v) is 10.6. The highest BCUT2D eigenvalue weighted by molar-refractivity contribution is 5.82. The van der Waals surface area contributed by atoms with Gasteiger partial charge in [-0.3, -0.25) is 0 Å². The maximum absolute atomic E-state index is 3.69. The summed E-state index contributed by atoms with van der Waals surface area (Å²) in [7, 11) is 3.90. The molecule has 0 atom stereocenters. The molecule has 0 aliphatic carbocycles. The van der Waals surface area contributed by atoms with Gasteiger partial charge in [-0.05, 0) is 47.7 Å². The third-order valence-corrected chi connectivity index (χ3v) is 6.08. The number of benzene rings is 3. The molecule has 0 amide bonds. The molecule has 3 aromatic carbocycles. The molecule has 0 unspecified atom stereocenters. The van der Waals surface area contributed by atoms with Crippen LogP contribution in [-0.2, 0) is 5.41 Å². The van der Waals surface area contributed by atoms with Crippen LogP contribution >= 0.6 is 0 Å². The molecular formula is C26H34N4. The van der Waals surface area contributed by atoms with E-state index in [9.17, 15) is 0 Å². The van der Waals surface area contributed by atoms with E-state index in [1.807, 2.05) is 26.2 Å². The maximum Gasteiger partial charge on any atom is 0.0619 e. The minimum absolute atomic E-state index is 0.0465. The number of para-hydroxylation sites is 4. The van der Waals surface area contributed by atoms with Gasteiger partial charge in [0.25, 0.3) is 0 Å². The first kappa shape index (κ1) is 21.6. The Balaban J connectivity index is 2.12. The molecule has 4 heteroatoms. The highest BCUT2D eigenvalue weighted by Gasteiger charge is 2.30. The van der Waals surface area contributed by atoms with Crippen molar-refractivity contribution in [2.75, 3.05) is 35.4 Å². The van der Waals surface area contributed by atoms with E-state index in [-0.39, 0.29) is 5.41 Å². The van der Waals surface area contributed by atoms with Crippen molar-refractivity contribution in [3.8, 4) is 0 Å². The summed E-state index contributed by atoms with van der Waals surface area (Å²) in [6.45, 7) is 9.20. The van der Waals surface area contributed by atoms with Crippen molar-refractivity contribution >= 4 is 34.1 Å². The van der Waals surface area contributed by atoms with Crippen LogP contribution in [0.25, 0.3) is 0 Å². The predicted molar refractivity (Wildman–Crippen MR) is 133 cm³/mol. The molecular weight excluding hydrogens is 368 g/mol. The zero-order chi connectivity index (χ0) is 21.7. The van der Waals surface area contributed by atoms with E-state index in [1.54, 1.807) is 0 Å². The molecule has 0 aliphatic rings. The van der Waals surface area contributed by atoms with Gasteiger partial charge in [0.15, 0.2) is 0 Å². The highest BCUT2D eigenvalue weighted by atomic mass is 15.0. The molecule has 0 bridgehead atoms. The Bertz CT molecular complexity index is 924. The Morgan fingerprint density at radius 2 is 0.933 bits per heavy atom. The molecule has 0 saturated carbocycles. The molecule has 0 aliphatic heterocycles. The lowest BCUT2D eigenvalue weighted by Gasteiger charge is -2.34. The van der Waals surface area contributed by atoms with Crippen LogP contribution in [0, 0.1) is 5.92 Å². The Morgan fingerprint density at radius 1 is 0.567 bits per heavy atom. The zero-order valence-corrected chi connectivity index (χ0v) is 18.9. The molecule has 0 radical (unpaired) electrons. The third-order valence-electron chi connectivity index (χ3n) is 6.08. The van der Waals surface area contributed by atoms with Gasteiger partial charge in [0.1, 0.15) is 0 Å². The Morgan fingerprint density at radius 3 is 1.30 bits per heavy atom. The van der Waals surface area contributed by atoms with Crippen LogP contribution in [0.4, 0.5) is 34.1 Å². The monoisotopic (exact) mass is 402 g/mol. The largest absolute Gasteiger partial charge is 0.386 e. The molecule has 4 N–H and O–H groups in total. The van der Waals surface area contributed by atoms with Crippen molar-refractivity contribution in [1.29, 1.82) is 0 Å². The van der Waals surface area contributed by atoms with E-state index in [2.05, 4.69) is 104 Å². The summed E-state index contributed by atoms with van der Waals surface area (Å²) in [6.07, 6.45) is 0. The molecule has 4 nitrogen and oxygen atoms in total. The van der Waals surface area contributed by atoms with E-state index in [1.165, 1.54) is 5.56 Å². The fourth-order valence-electron chi connectivity index (χ4n) is 3.65. The van der Waals surface area contributed by atoms with Gasteiger partial charge in [0.05, 0.1) is 22.7 Å². The number of hydrogen-bond acceptors (Lipinski definition) is 4. The second kappa shape index (κ2) is 9.12. The lowest BCUT2D eigenvalue weighted by atomic mass is 9.73. The zero-order valence-electron chi connectivity index (χ0n) is 18.9. The van der Waals surface area contributed by atoms with Crippen molar-refractivity contribution in [3.63, 3.8) is 0 Å². The Labute approximate surface area is 181 Å². The summed E-state index contributed by atoms with van der Waals surface area (Å²) in [5.74, 6) is 0.458. The van der Waals surface area contributed by atoms with Gasteiger partial charge >= 0.3 is 0 Å². The van der Waals surface area contributed by atoms with Crippen LogP contribution in [0.3, 0.4) is 0 Å². The fraction of sp³-hybridized carbons (Fsp3) is 0.308. The molecule has 30 heavy (non-hydrogen) atoms. The summed E-state index contributed by atoms with van der Waals surface area (Å²) in [6, 6.07) is 23.0. The lowest BCUT2D eigenvalue weighted by Crippen LogP contribution is -2.27. The molecule has 3 rings (SSSR count). The van der Waals surface area contributed by atoms with Crippen LogP contribution in [-0.4, -0.2) is 14.1 Å². The average molecular weight is 403 g/mol. The first-order chi connectivity index (χ1) is 14.4.